The van der Waals surface area contributed by atoms with Gasteiger partial charge in [-0.3, -0.25) is 9.59 Å². The Kier molecular flexibility index (Phi) is 5.33. The molecule has 2 rings (SSSR count). The molecule has 0 atom stereocenters. The smallest absolute Gasteiger partial charge is 0.306 e. The number of nitrogens with zero attached hydrogens (tertiary/aromatic N) is 1. The lowest BCUT2D eigenvalue weighted by Gasteiger charge is -2.29. The van der Waals surface area contributed by atoms with Crippen LogP contribution >= 0.6 is 0 Å². The number of carbonyl (C=O) groups excluding carboxylic acids is 1. The molecule has 21 heavy (non-hydrogen) atoms. The molecule has 1 aromatic carbocycles. The summed E-state index contributed by atoms with van der Waals surface area (Å²) in [7, 11) is 0. The maximum atomic E-state index is 11.0. The van der Waals surface area contributed by atoms with Crippen molar-refractivity contribution in [2.75, 3.05) is 25.0 Å². The third kappa shape index (κ3) is 4.86. The molecule has 0 aromatic heterocycles. The number of piperidine rings is 1. The Morgan fingerprint density at radius 3 is 2.67 bits per heavy atom. The first-order valence-corrected chi connectivity index (χ1v) is 7.36. The highest BCUT2D eigenvalue weighted by Gasteiger charge is 2.23. The van der Waals surface area contributed by atoms with Gasteiger partial charge in [-0.05, 0) is 50.0 Å². The van der Waals surface area contributed by atoms with Crippen molar-refractivity contribution in [1.82, 2.24) is 4.90 Å². The molecule has 1 heterocycles. The Morgan fingerprint density at radius 2 is 2.05 bits per heavy atom. The average Bonchev–Trinajstić information content (AvgIpc) is 2.45. The van der Waals surface area contributed by atoms with E-state index < -0.39 is 5.97 Å². The Hall–Kier alpha value is -1.88. The second-order valence-electron chi connectivity index (χ2n) is 5.59. The first-order chi connectivity index (χ1) is 10.0. The Bertz CT molecular complexity index is 508. The van der Waals surface area contributed by atoms with Crippen LogP contribution in [0.3, 0.4) is 0 Å². The molecule has 1 amide bonds. The normalized spacial score (nSPS) is 16.6. The van der Waals surface area contributed by atoms with Gasteiger partial charge < -0.3 is 15.3 Å². The molecule has 1 aliphatic rings. The van der Waals surface area contributed by atoms with Crippen molar-refractivity contribution >= 4 is 17.6 Å². The van der Waals surface area contributed by atoms with Crippen LogP contribution in [0.5, 0.6) is 0 Å². The molecule has 1 saturated heterocycles. The molecule has 1 aliphatic heterocycles. The van der Waals surface area contributed by atoms with Crippen LogP contribution in [-0.4, -0.2) is 41.5 Å². The van der Waals surface area contributed by atoms with Gasteiger partial charge in [0.05, 0.1) is 5.92 Å². The molecule has 1 aromatic rings. The maximum absolute atomic E-state index is 11.0. The maximum Gasteiger partial charge on any atom is 0.306 e. The van der Waals surface area contributed by atoms with Crippen molar-refractivity contribution < 1.29 is 14.7 Å². The molecule has 0 bridgehead atoms. The molecular weight excluding hydrogens is 268 g/mol. The molecule has 0 spiro atoms. The summed E-state index contributed by atoms with van der Waals surface area (Å²) in [6, 6.07) is 7.86. The van der Waals surface area contributed by atoms with Crippen LogP contribution < -0.4 is 5.32 Å². The van der Waals surface area contributed by atoms with E-state index in [4.69, 9.17) is 5.11 Å². The van der Waals surface area contributed by atoms with Crippen LogP contribution in [0.25, 0.3) is 0 Å². The molecule has 5 heteroatoms. The summed E-state index contributed by atoms with van der Waals surface area (Å²) >= 11 is 0. The van der Waals surface area contributed by atoms with Gasteiger partial charge in [-0.15, -0.1) is 0 Å². The van der Waals surface area contributed by atoms with Crippen LogP contribution in [0.15, 0.2) is 24.3 Å². The second-order valence-corrected chi connectivity index (χ2v) is 5.59. The topological polar surface area (TPSA) is 69.6 Å². The van der Waals surface area contributed by atoms with Gasteiger partial charge in [-0.25, -0.2) is 0 Å². The van der Waals surface area contributed by atoms with E-state index in [1.165, 1.54) is 12.5 Å². The summed E-state index contributed by atoms with van der Waals surface area (Å²) in [5, 5.41) is 11.8. The lowest BCUT2D eigenvalue weighted by molar-refractivity contribution is -0.143. The molecule has 1 fully saturated rings. The number of carboxylic acids is 1. The number of amides is 1. The number of benzene rings is 1. The van der Waals surface area contributed by atoms with Crippen molar-refractivity contribution in [3.05, 3.63) is 29.8 Å². The standard InChI is InChI=1S/C16H22N2O3/c1-12(19)17-15-4-2-3-13(11-15)5-8-18-9-6-14(7-10-18)16(20)21/h2-4,11,14H,5-10H2,1H3,(H,17,19)(H,20,21). The first kappa shape index (κ1) is 15.5. The number of carbonyl (C=O) groups is 2. The van der Waals surface area contributed by atoms with Crippen molar-refractivity contribution in [3.8, 4) is 0 Å². The number of rotatable bonds is 5. The average molecular weight is 290 g/mol. The van der Waals surface area contributed by atoms with Crippen LogP contribution in [0.2, 0.25) is 0 Å². The van der Waals surface area contributed by atoms with Crippen molar-refractivity contribution in [2.24, 2.45) is 5.92 Å². The molecular formula is C16H22N2O3. The summed E-state index contributed by atoms with van der Waals surface area (Å²) in [5.41, 5.74) is 2.01. The van der Waals surface area contributed by atoms with E-state index in [0.717, 1.165) is 44.6 Å². The highest BCUT2D eigenvalue weighted by molar-refractivity contribution is 5.88. The Labute approximate surface area is 125 Å². The van der Waals surface area contributed by atoms with Gasteiger partial charge in [-0.1, -0.05) is 12.1 Å². The quantitative estimate of drug-likeness (QED) is 0.870. The van der Waals surface area contributed by atoms with E-state index in [0.29, 0.717) is 0 Å². The molecule has 0 aliphatic carbocycles. The summed E-state index contributed by atoms with van der Waals surface area (Å²) in [5.74, 6) is -0.912. The van der Waals surface area contributed by atoms with E-state index in [2.05, 4.69) is 16.3 Å². The minimum absolute atomic E-state index is 0.0668. The summed E-state index contributed by atoms with van der Waals surface area (Å²) < 4.78 is 0. The lowest BCUT2D eigenvalue weighted by Crippen LogP contribution is -2.37. The molecule has 5 nitrogen and oxygen atoms in total. The lowest BCUT2D eigenvalue weighted by atomic mass is 9.97. The number of aliphatic carboxylic acids is 1. The zero-order valence-corrected chi connectivity index (χ0v) is 12.3. The SMILES string of the molecule is CC(=O)Nc1cccc(CCN2CCC(C(=O)O)CC2)c1. The third-order valence-electron chi connectivity index (χ3n) is 3.90. The largest absolute Gasteiger partial charge is 0.481 e. The molecule has 0 saturated carbocycles. The molecule has 0 radical (unpaired) electrons. The van der Waals surface area contributed by atoms with Crippen LogP contribution in [0, 0.1) is 5.92 Å². The van der Waals surface area contributed by atoms with Gasteiger partial charge in [0.15, 0.2) is 0 Å². The third-order valence-corrected chi connectivity index (χ3v) is 3.90. The fourth-order valence-corrected chi connectivity index (χ4v) is 2.70. The Morgan fingerprint density at radius 1 is 1.33 bits per heavy atom. The van der Waals surface area contributed by atoms with Gasteiger partial charge in [0.2, 0.25) is 5.91 Å². The van der Waals surface area contributed by atoms with Gasteiger partial charge in [0.25, 0.3) is 0 Å². The minimum atomic E-state index is -0.669. The minimum Gasteiger partial charge on any atom is -0.481 e. The number of hydrogen-bond donors (Lipinski definition) is 2. The van der Waals surface area contributed by atoms with Gasteiger partial charge in [0, 0.05) is 19.2 Å². The summed E-state index contributed by atoms with van der Waals surface area (Å²) in [6.45, 7) is 4.12. The fraction of sp³-hybridized carbons (Fsp3) is 0.500. The highest BCUT2D eigenvalue weighted by Crippen LogP contribution is 2.18. The number of hydrogen-bond acceptors (Lipinski definition) is 3. The first-order valence-electron chi connectivity index (χ1n) is 7.36. The summed E-state index contributed by atoms with van der Waals surface area (Å²) in [4.78, 5) is 24.3. The predicted octanol–water partition coefficient (Wildman–Crippen LogP) is 1.98. The van der Waals surface area contributed by atoms with Crippen molar-refractivity contribution in [3.63, 3.8) is 0 Å². The van der Waals surface area contributed by atoms with Crippen LogP contribution in [0.1, 0.15) is 25.3 Å². The van der Waals surface area contributed by atoms with Crippen LogP contribution in [0.4, 0.5) is 5.69 Å². The van der Waals surface area contributed by atoms with E-state index in [-0.39, 0.29) is 11.8 Å². The fourth-order valence-electron chi connectivity index (χ4n) is 2.70. The Balaban J connectivity index is 1.81. The number of carboxylic acid groups (broad SMARTS) is 1. The van der Waals surface area contributed by atoms with E-state index in [9.17, 15) is 9.59 Å². The van der Waals surface area contributed by atoms with Gasteiger partial charge in [0.1, 0.15) is 0 Å². The number of nitrogens with one attached hydrogen (secondary N) is 1. The highest BCUT2D eigenvalue weighted by atomic mass is 16.4. The van der Waals surface area contributed by atoms with E-state index >= 15 is 0 Å². The second kappa shape index (κ2) is 7.22. The number of anilines is 1. The monoisotopic (exact) mass is 290 g/mol. The number of likely N-dealkylation sites (tertiary alicyclic amines) is 1. The van der Waals surface area contributed by atoms with Crippen molar-refractivity contribution in [2.45, 2.75) is 26.2 Å². The molecule has 114 valence electrons. The molecule has 0 unspecified atom stereocenters. The van der Waals surface area contributed by atoms with E-state index in [1.54, 1.807) is 0 Å². The van der Waals surface area contributed by atoms with Crippen molar-refractivity contribution in [1.29, 1.82) is 0 Å². The van der Waals surface area contributed by atoms with E-state index in [1.807, 2.05) is 18.2 Å². The predicted molar refractivity (Wildman–Crippen MR) is 81.2 cm³/mol. The van der Waals surface area contributed by atoms with Crippen LogP contribution in [-0.2, 0) is 16.0 Å². The van der Waals surface area contributed by atoms with Gasteiger partial charge >= 0.3 is 5.97 Å². The van der Waals surface area contributed by atoms with Gasteiger partial charge in [-0.2, -0.15) is 0 Å². The molecule has 2 N–H and O–H groups in total. The summed E-state index contributed by atoms with van der Waals surface area (Å²) in [6.07, 6.45) is 2.38. The zero-order valence-electron chi connectivity index (χ0n) is 12.3. The zero-order chi connectivity index (χ0) is 15.2.